The van der Waals surface area contributed by atoms with Crippen LogP contribution in [0, 0.1) is 5.92 Å². The van der Waals surface area contributed by atoms with Gasteiger partial charge in [-0.1, -0.05) is 26.0 Å². The maximum atomic E-state index is 11.8. The number of rotatable bonds is 8. The molecule has 5 heteroatoms. The van der Waals surface area contributed by atoms with Gasteiger partial charge in [0.1, 0.15) is 0 Å². The molecule has 2 N–H and O–H groups in total. The summed E-state index contributed by atoms with van der Waals surface area (Å²) < 4.78 is 0. The smallest absolute Gasteiger partial charge is 0.303 e. The van der Waals surface area contributed by atoms with Crippen molar-refractivity contribution in [1.29, 1.82) is 0 Å². The molecule has 0 aliphatic carbocycles. The third kappa shape index (κ3) is 6.61. The minimum absolute atomic E-state index is 0.0126. The number of benzene rings is 1. The van der Waals surface area contributed by atoms with Crippen molar-refractivity contribution in [3.63, 3.8) is 0 Å². The molecule has 0 saturated carbocycles. The fraction of sp³-hybridized carbons (Fsp3) is 0.467. The van der Waals surface area contributed by atoms with E-state index in [4.69, 9.17) is 5.11 Å². The molecule has 1 aromatic rings. The number of carboxylic acids is 1. The van der Waals surface area contributed by atoms with E-state index in [9.17, 15) is 9.59 Å². The average molecular weight is 295 g/mol. The molecule has 0 aromatic heterocycles. The summed E-state index contributed by atoms with van der Waals surface area (Å²) >= 11 is 1.57. The number of anilines is 1. The van der Waals surface area contributed by atoms with Crippen LogP contribution in [0.25, 0.3) is 0 Å². The summed E-state index contributed by atoms with van der Waals surface area (Å²) in [5.74, 6) is 0.289. The van der Waals surface area contributed by atoms with Gasteiger partial charge in [-0.15, -0.1) is 11.8 Å². The predicted octanol–water partition coefficient (Wildman–Crippen LogP) is 3.63. The summed E-state index contributed by atoms with van der Waals surface area (Å²) in [5, 5.41) is 11.5. The maximum absolute atomic E-state index is 11.8. The lowest BCUT2D eigenvalue weighted by molar-refractivity contribution is -0.137. The summed E-state index contributed by atoms with van der Waals surface area (Å²) in [7, 11) is 0. The number of carboxylic acid groups (broad SMARTS) is 1. The van der Waals surface area contributed by atoms with E-state index in [0.717, 1.165) is 16.3 Å². The fourth-order valence-electron chi connectivity index (χ4n) is 1.67. The number of thioether (sulfide) groups is 1. The van der Waals surface area contributed by atoms with Crippen LogP contribution in [0.5, 0.6) is 0 Å². The molecule has 0 unspecified atom stereocenters. The number of nitrogens with one attached hydrogen (secondary N) is 1. The van der Waals surface area contributed by atoms with E-state index in [0.29, 0.717) is 18.8 Å². The Hall–Kier alpha value is -1.49. The SMILES string of the molecule is CC(C)CC(=O)Nc1ccccc1SCCCC(=O)O. The molecule has 0 heterocycles. The van der Waals surface area contributed by atoms with Crippen molar-refractivity contribution < 1.29 is 14.7 Å². The van der Waals surface area contributed by atoms with Gasteiger partial charge < -0.3 is 10.4 Å². The highest BCUT2D eigenvalue weighted by Gasteiger charge is 2.08. The monoisotopic (exact) mass is 295 g/mol. The third-order valence-corrected chi connectivity index (χ3v) is 3.71. The summed E-state index contributed by atoms with van der Waals surface area (Å²) in [6.45, 7) is 4.01. The lowest BCUT2D eigenvalue weighted by Gasteiger charge is -2.11. The van der Waals surface area contributed by atoms with Gasteiger partial charge in [-0.3, -0.25) is 9.59 Å². The first-order valence-electron chi connectivity index (χ1n) is 6.72. The van der Waals surface area contributed by atoms with Crippen LogP contribution in [0.1, 0.15) is 33.1 Å². The van der Waals surface area contributed by atoms with Crippen LogP contribution in [0.2, 0.25) is 0 Å². The number of carbonyl (C=O) groups excluding carboxylic acids is 1. The van der Waals surface area contributed by atoms with Gasteiger partial charge >= 0.3 is 5.97 Å². The van der Waals surface area contributed by atoms with E-state index < -0.39 is 5.97 Å². The van der Waals surface area contributed by atoms with Crippen molar-refractivity contribution in [2.45, 2.75) is 38.0 Å². The van der Waals surface area contributed by atoms with Crippen molar-refractivity contribution in [3.05, 3.63) is 24.3 Å². The van der Waals surface area contributed by atoms with E-state index >= 15 is 0 Å². The molecule has 0 atom stereocenters. The number of hydrogen-bond acceptors (Lipinski definition) is 3. The van der Waals surface area contributed by atoms with E-state index in [1.807, 2.05) is 38.1 Å². The first kappa shape index (κ1) is 16.6. The minimum Gasteiger partial charge on any atom is -0.481 e. The molecule has 0 fully saturated rings. The Bertz CT molecular complexity index is 460. The molecule has 1 amide bonds. The standard InChI is InChI=1S/C15H21NO3S/c1-11(2)10-14(17)16-12-6-3-4-7-13(12)20-9-5-8-15(18)19/h3-4,6-7,11H,5,8-10H2,1-2H3,(H,16,17)(H,18,19). The Kier molecular flexibility index (Phi) is 7.15. The van der Waals surface area contributed by atoms with Crippen LogP contribution in [0.15, 0.2) is 29.2 Å². The summed E-state index contributed by atoms with van der Waals surface area (Å²) in [5.41, 5.74) is 0.804. The topological polar surface area (TPSA) is 66.4 Å². The average Bonchev–Trinajstić information content (AvgIpc) is 2.35. The highest BCUT2D eigenvalue weighted by atomic mass is 32.2. The van der Waals surface area contributed by atoms with Crippen molar-refractivity contribution in [3.8, 4) is 0 Å². The quantitative estimate of drug-likeness (QED) is 0.568. The third-order valence-electron chi connectivity index (χ3n) is 2.55. The Labute approximate surface area is 124 Å². The largest absolute Gasteiger partial charge is 0.481 e. The Morgan fingerprint density at radius 2 is 2.00 bits per heavy atom. The van der Waals surface area contributed by atoms with Crippen LogP contribution in [0.4, 0.5) is 5.69 Å². The van der Waals surface area contributed by atoms with Gasteiger partial charge in [0, 0.05) is 17.7 Å². The lowest BCUT2D eigenvalue weighted by Crippen LogP contribution is -2.14. The number of carbonyl (C=O) groups is 2. The summed E-state index contributed by atoms with van der Waals surface area (Å²) in [6, 6.07) is 7.61. The molecular weight excluding hydrogens is 274 g/mol. The molecule has 0 saturated heterocycles. The zero-order valence-electron chi connectivity index (χ0n) is 11.9. The van der Waals surface area contributed by atoms with E-state index in [1.54, 1.807) is 11.8 Å². The Balaban J connectivity index is 2.54. The summed E-state index contributed by atoms with van der Waals surface area (Å²) in [6.07, 6.45) is 1.29. The zero-order valence-corrected chi connectivity index (χ0v) is 12.7. The number of hydrogen-bond donors (Lipinski definition) is 2. The van der Waals surface area contributed by atoms with E-state index in [2.05, 4.69) is 5.32 Å². The predicted molar refractivity (Wildman–Crippen MR) is 82.1 cm³/mol. The Morgan fingerprint density at radius 1 is 1.30 bits per heavy atom. The first-order chi connectivity index (χ1) is 9.49. The van der Waals surface area contributed by atoms with Crippen molar-refractivity contribution in [1.82, 2.24) is 0 Å². The molecule has 1 rings (SSSR count). The van der Waals surface area contributed by atoms with Crippen LogP contribution in [-0.4, -0.2) is 22.7 Å². The van der Waals surface area contributed by atoms with Crippen LogP contribution < -0.4 is 5.32 Å². The van der Waals surface area contributed by atoms with Crippen molar-refractivity contribution >= 4 is 29.3 Å². The van der Waals surface area contributed by atoms with Gasteiger partial charge in [-0.2, -0.15) is 0 Å². The molecule has 110 valence electrons. The summed E-state index contributed by atoms with van der Waals surface area (Å²) in [4.78, 5) is 23.2. The second-order valence-corrected chi connectivity index (χ2v) is 6.12. The van der Waals surface area contributed by atoms with Gasteiger partial charge in [0.2, 0.25) is 5.91 Å². The molecule has 0 radical (unpaired) electrons. The van der Waals surface area contributed by atoms with Gasteiger partial charge in [0.05, 0.1) is 5.69 Å². The number of aliphatic carboxylic acids is 1. The van der Waals surface area contributed by atoms with Gasteiger partial charge in [0.25, 0.3) is 0 Å². The van der Waals surface area contributed by atoms with E-state index in [1.165, 1.54) is 0 Å². The van der Waals surface area contributed by atoms with E-state index in [-0.39, 0.29) is 12.3 Å². The van der Waals surface area contributed by atoms with Gasteiger partial charge in [0.15, 0.2) is 0 Å². The molecule has 4 nitrogen and oxygen atoms in total. The molecule has 1 aromatic carbocycles. The number of amides is 1. The normalized spacial score (nSPS) is 10.6. The molecule has 0 spiro atoms. The zero-order chi connectivity index (χ0) is 15.0. The van der Waals surface area contributed by atoms with Crippen molar-refractivity contribution in [2.75, 3.05) is 11.1 Å². The molecular formula is C15H21NO3S. The molecule has 0 aliphatic rings. The highest BCUT2D eigenvalue weighted by molar-refractivity contribution is 7.99. The highest BCUT2D eigenvalue weighted by Crippen LogP contribution is 2.28. The first-order valence-corrected chi connectivity index (χ1v) is 7.71. The van der Waals surface area contributed by atoms with Gasteiger partial charge in [-0.25, -0.2) is 0 Å². The lowest BCUT2D eigenvalue weighted by atomic mass is 10.1. The van der Waals surface area contributed by atoms with Crippen LogP contribution in [-0.2, 0) is 9.59 Å². The molecule has 0 aliphatic heterocycles. The molecule has 0 bridgehead atoms. The minimum atomic E-state index is -0.774. The van der Waals surface area contributed by atoms with Crippen molar-refractivity contribution in [2.24, 2.45) is 5.92 Å². The van der Waals surface area contributed by atoms with Crippen LogP contribution >= 0.6 is 11.8 Å². The maximum Gasteiger partial charge on any atom is 0.303 e. The number of para-hydroxylation sites is 1. The van der Waals surface area contributed by atoms with Gasteiger partial charge in [-0.05, 0) is 30.2 Å². The second kappa shape index (κ2) is 8.64. The fourth-order valence-corrected chi connectivity index (χ4v) is 2.63. The Morgan fingerprint density at radius 3 is 2.65 bits per heavy atom. The molecule has 20 heavy (non-hydrogen) atoms. The second-order valence-electron chi connectivity index (χ2n) is 4.99. The van der Waals surface area contributed by atoms with Crippen LogP contribution in [0.3, 0.4) is 0 Å².